The highest BCUT2D eigenvalue weighted by molar-refractivity contribution is 6.30. The minimum atomic E-state index is 0.778. The highest BCUT2D eigenvalue weighted by atomic mass is 35.5. The van der Waals surface area contributed by atoms with E-state index >= 15 is 0 Å². The number of aromatic nitrogens is 2. The Hall–Kier alpha value is -1.28. The molecule has 2 nitrogen and oxygen atoms in total. The van der Waals surface area contributed by atoms with Gasteiger partial charge in [-0.2, -0.15) is 0 Å². The molecule has 0 bridgehead atoms. The summed E-state index contributed by atoms with van der Waals surface area (Å²) in [4.78, 5) is 4.17. The first kappa shape index (κ1) is 9.28. The molecule has 1 aromatic carbocycles. The van der Waals surface area contributed by atoms with Gasteiger partial charge in [-0.05, 0) is 24.6 Å². The zero-order chi connectivity index (χ0) is 9.97. The minimum Gasteiger partial charge on any atom is -0.331 e. The predicted molar refractivity (Wildman–Crippen MR) is 57.5 cm³/mol. The average Bonchev–Trinajstić information content (AvgIpc) is 2.52. The van der Waals surface area contributed by atoms with Gasteiger partial charge in [-0.15, -0.1) is 0 Å². The van der Waals surface area contributed by atoms with Crippen molar-refractivity contribution in [2.45, 2.75) is 13.5 Å². The molecule has 0 N–H and O–H groups in total. The molecular formula is C11H11ClN2. The van der Waals surface area contributed by atoms with E-state index in [4.69, 9.17) is 11.6 Å². The van der Waals surface area contributed by atoms with Crippen LogP contribution in [0.5, 0.6) is 0 Å². The fraction of sp³-hybridized carbons (Fsp3) is 0.182. The van der Waals surface area contributed by atoms with Crippen LogP contribution in [0, 0.1) is 6.92 Å². The topological polar surface area (TPSA) is 17.8 Å². The molecule has 14 heavy (non-hydrogen) atoms. The summed E-state index contributed by atoms with van der Waals surface area (Å²) in [6.07, 6.45) is 3.77. The maximum atomic E-state index is 5.90. The molecule has 0 atom stereocenters. The summed E-state index contributed by atoms with van der Waals surface area (Å²) in [5, 5.41) is 0.778. The number of halogens is 1. The summed E-state index contributed by atoms with van der Waals surface area (Å²) in [6, 6.07) is 7.88. The van der Waals surface area contributed by atoms with E-state index in [1.165, 1.54) is 5.56 Å². The van der Waals surface area contributed by atoms with E-state index in [0.29, 0.717) is 0 Å². The van der Waals surface area contributed by atoms with Crippen LogP contribution in [0.1, 0.15) is 11.4 Å². The molecule has 2 aromatic rings. The first-order valence-corrected chi connectivity index (χ1v) is 4.86. The number of hydrogen-bond acceptors (Lipinski definition) is 1. The molecule has 0 amide bonds. The zero-order valence-electron chi connectivity index (χ0n) is 7.94. The van der Waals surface area contributed by atoms with Crippen molar-refractivity contribution in [3.63, 3.8) is 0 Å². The second-order valence-corrected chi connectivity index (χ2v) is 3.67. The van der Waals surface area contributed by atoms with Gasteiger partial charge in [0.25, 0.3) is 0 Å². The van der Waals surface area contributed by atoms with Crippen molar-refractivity contribution in [2.75, 3.05) is 0 Å². The van der Waals surface area contributed by atoms with Crippen molar-refractivity contribution < 1.29 is 0 Å². The van der Waals surface area contributed by atoms with Gasteiger partial charge >= 0.3 is 0 Å². The number of imidazole rings is 1. The minimum absolute atomic E-state index is 0.778. The van der Waals surface area contributed by atoms with E-state index in [1.807, 2.05) is 31.3 Å². The van der Waals surface area contributed by atoms with Gasteiger partial charge in [0, 0.05) is 24.0 Å². The fourth-order valence-electron chi connectivity index (χ4n) is 1.40. The van der Waals surface area contributed by atoms with Crippen molar-refractivity contribution in [1.29, 1.82) is 0 Å². The van der Waals surface area contributed by atoms with Crippen LogP contribution < -0.4 is 0 Å². The van der Waals surface area contributed by atoms with Crippen molar-refractivity contribution >= 4 is 11.6 Å². The molecule has 0 saturated heterocycles. The number of hydrogen-bond donors (Lipinski definition) is 0. The third-order valence-corrected chi connectivity index (χ3v) is 2.40. The third-order valence-electron chi connectivity index (χ3n) is 2.17. The first-order valence-electron chi connectivity index (χ1n) is 4.48. The van der Waals surface area contributed by atoms with Crippen LogP contribution in [0.4, 0.5) is 0 Å². The summed E-state index contributed by atoms with van der Waals surface area (Å²) in [5.41, 5.74) is 1.19. The van der Waals surface area contributed by atoms with E-state index < -0.39 is 0 Å². The quantitative estimate of drug-likeness (QED) is 0.739. The Morgan fingerprint density at radius 1 is 1.43 bits per heavy atom. The molecule has 0 unspecified atom stereocenters. The van der Waals surface area contributed by atoms with Gasteiger partial charge in [-0.3, -0.25) is 0 Å². The molecule has 72 valence electrons. The molecule has 3 heteroatoms. The number of benzene rings is 1. The molecule has 0 radical (unpaired) electrons. The molecule has 0 fully saturated rings. The fourth-order valence-corrected chi connectivity index (χ4v) is 1.62. The normalized spacial score (nSPS) is 10.4. The smallest absolute Gasteiger partial charge is 0.105 e. The summed E-state index contributed by atoms with van der Waals surface area (Å²) in [5.74, 6) is 1.02. The maximum absolute atomic E-state index is 5.90. The Kier molecular flexibility index (Phi) is 2.55. The van der Waals surface area contributed by atoms with Crippen molar-refractivity contribution in [3.8, 4) is 0 Å². The van der Waals surface area contributed by atoms with Gasteiger partial charge in [0.05, 0.1) is 0 Å². The van der Waals surface area contributed by atoms with Gasteiger partial charge in [0.1, 0.15) is 5.82 Å². The van der Waals surface area contributed by atoms with Crippen molar-refractivity contribution in [1.82, 2.24) is 9.55 Å². The van der Waals surface area contributed by atoms with E-state index in [9.17, 15) is 0 Å². The van der Waals surface area contributed by atoms with Crippen LogP contribution >= 0.6 is 11.6 Å². The molecule has 0 aliphatic carbocycles. The van der Waals surface area contributed by atoms with Crippen LogP contribution in [0.25, 0.3) is 0 Å². The Balaban J connectivity index is 2.23. The zero-order valence-corrected chi connectivity index (χ0v) is 8.70. The number of aryl methyl sites for hydroxylation is 1. The Bertz CT molecular complexity index is 434. The monoisotopic (exact) mass is 206 g/mol. The van der Waals surface area contributed by atoms with Crippen LogP contribution in [0.2, 0.25) is 5.02 Å². The van der Waals surface area contributed by atoms with Gasteiger partial charge in [0.15, 0.2) is 0 Å². The second kappa shape index (κ2) is 3.84. The first-order chi connectivity index (χ1) is 6.75. The van der Waals surface area contributed by atoms with Crippen LogP contribution in [0.3, 0.4) is 0 Å². The molecule has 0 aliphatic heterocycles. The maximum Gasteiger partial charge on any atom is 0.105 e. The Morgan fingerprint density at radius 3 is 2.93 bits per heavy atom. The largest absolute Gasteiger partial charge is 0.331 e. The summed E-state index contributed by atoms with van der Waals surface area (Å²) >= 11 is 5.90. The molecule has 0 aliphatic rings. The van der Waals surface area contributed by atoms with Crippen LogP contribution in [-0.4, -0.2) is 9.55 Å². The Labute approximate surface area is 88.2 Å². The summed E-state index contributed by atoms with van der Waals surface area (Å²) in [6.45, 7) is 2.82. The van der Waals surface area contributed by atoms with Crippen LogP contribution in [0.15, 0.2) is 36.7 Å². The van der Waals surface area contributed by atoms with Gasteiger partial charge < -0.3 is 4.57 Å². The standard InChI is InChI=1S/C11H11ClN2/c1-9-13-5-6-14(9)8-10-3-2-4-11(12)7-10/h2-7H,8H2,1H3. The molecule has 0 saturated carbocycles. The van der Waals surface area contributed by atoms with Crippen molar-refractivity contribution in [2.24, 2.45) is 0 Å². The van der Waals surface area contributed by atoms with Crippen LogP contribution in [-0.2, 0) is 6.54 Å². The van der Waals surface area contributed by atoms with E-state index in [-0.39, 0.29) is 0 Å². The van der Waals surface area contributed by atoms with Gasteiger partial charge in [-0.25, -0.2) is 4.98 Å². The van der Waals surface area contributed by atoms with Crippen molar-refractivity contribution in [3.05, 3.63) is 53.1 Å². The van der Waals surface area contributed by atoms with E-state index in [1.54, 1.807) is 6.20 Å². The highest BCUT2D eigenvalue weighted by Gasteiger charge is 1.98. The molecule has 2 rings (SSSR count). The molecule has 1 aromatic heterocycles. The Morgan fingerprint density at radius 2 is 2.29 bits per heavy atom. The molecular weight excluding hydrogens is 196 g/mol. The number of rotatable bonds is 2. The number of nitrogens with zero attached hydrogens (tertiary/aromatic N) is 2. The SMILES string of the molecule is Cc1nccn1Cc1cccc(Cl)c1. The van der Waals surface area contributed by atoms with Gasteiger partial charge in [0.2, 0.25) is 0 Å². The average molecular weight is 207 g/mol. The van der Waals surface area contributed by atoms with E-state index in [0.717, 1.165) is 17.4 Å². The molecule has 0 spiro atoms. The highest BCUT2D eigenvalue weighted by Crippen LogP contribution is 2.12. The summed E-state index contributed by atoms with van der Waals surface area (Å²) in [7, 11) is 0. The lowest BCUT2D eigenvalue weighted by atomic mass is 10.2. The summed E-state index contributed by atoms with van der Waals surface area (Å²) < 4.78 is 2.09. The lowest BCUT2D eigenvalue weighted by Crippen LogP contribution is -2.00. The second-order valence-electron chi connectivity index (χ2n) is 3.23. The van der Waals surface area contributed by atoms with Gasteiger partial charge in [-0.1, -0.05) is 23.7 Å². The molecule has 1 heterocycles. The lowest BCUT2D eigenvalue weighted by molar-refractivity contribution is 0.762. The third kappa shape index (κ3) is 1.96. The predicted octanol–water partition coefficient (Wildman–Crippen LogP) is 2.89. The lowest BCUT2D eigenvalue weighted by Gasteiger charge is -2.04. The van der Waals surface area contributed by atoms with E-state index in [2.05, 4.69) is 15.6 Å².